The number of hydrogen-bond acceptors (Lipinski definition) is 2. The van der Waals surface area contributed by atoms with Gasteiger partial charge in [-0.05, 0) is 17.4 Å². The number of aromatic nitrogens is 3. The van der Waals surface area contributed by atoms with E-state index in [1.54, 1.807) is 6.33 Å². The lowest BCUT2D eigenvalue weighted by Crippen LogP contribution is -2.15. The maximum absolute atomic E-state index is 6.57. The summed E-state index contributed by atoms with van der Waals surface area (Å²) in [7, 11) is 0. The summed E-state index contributed by atoms with van der Waals surface area (Å²) in [6, 6.07) is 10.2. The van der Waals surface area contributed by atoms with E-state index in [4.69, 9.17) is 11.6 Å². The highest BCUT2D eigenvalue weighted by Gasteiger charge is 2.19. The van der Waals surface area contributed by atoms with Crippen LogP contribution in [-0.4, -0.2) is 14.8 Å². The minimum atomic E-state index is 0.000370. The predicted molar refractivity (Wildman–Crippen MR) is 82.8 cm³/mol. The van der Waals surface area contributed by atoms with Crippen molar-refractivity contribution >= 4 is 11.6 Å². The van der Waals surface area contributed by atoms with Crippen LogP contribution in [0.2, 0.25) is 0 Å². The van der Waals surface area contributed by atoms with E-state index in [0.717, 1.165) is 24.4 Å². The standard InChI is InChI=1S/C16H22ClN3/c1-12(2)10-20-15(18-11-19-20)9-13(3)16(17)14-7-5-4-6-8-14/h4-8,11-13,16H,9-10H2,1-3H3. The highest BCUT2D eigenvalue weighted by Crippen LogP contribution is 2.30. The quantitative estimate of drug-likeness (QED) is 0.751. The number of alkyl halides is 1. The summed E-state index contributed by atoms with van der Waals surface area (Å²) >= 11 is 6.57. The Balaban J connectivity index is 2.04. The topological polar surface area (TPSA) is 30.7 Å². The van der Waals surface area contributed by atoms with Crippen LogP contribution in [0.1, 0.15) is 37.5 Å². The Morgan fingerprint density at radius 1 is 1.15 bits per heavy atom. The Morgan fingerprint density at radius 3 is 2.50 bits per heavy atom. The van der Waals surface area contributed by atoms with Crippen molar-refractivity contribution < 1.29 is 0 Å². The molecule has 0 spiro atoms. The molecule has 108 valence electrons. The summed E-state index contributed by atoms with van der Waals surface area (Å²) in [5, 5.41) is 4.30. The highest BCUT2D eigenvalue weighted by molar-refractivity contribution is 6.21. The molecule has 1 aromatic carbocycles. The van der Waals surface area contributed by atoms with E-state index in [2.05, 4.69) is 43.0 Å². The van der Waals surface area contributed by atoms with Gasteiger partial charge in [0.25, 0.3) is 0 Å². The second kappa shape index (κ2) is 6.89. The molecule has 0 bridgehead atoms. The molecule has 3 nitrogen and oxygen atoms in total. The van der Waals surface area contributed by atoms with Gasteiger partial charge in [0.1, 0.15) is 12.2 Å². The van der Waals surface area contributed by atoms with E-state index in [1.165, 1.54) is 0 Å². The molecule has 4 heteroatoms. The fourth-order valence-corrected chi connectivity index (χ4v) is 2.54. The van der Waals surface area contributed by atoms with Gasteiger partial charge in [0.05, 0.1) is 5.38 Å². The molecule has 0 aliphatic carbocycles. The summed E-state index contributed by atoms with van der Waals surface area (Å²) in [4.78, 5) is 4.38. The first kappa shape index (κ1) is 15.0. The van der Waals surface area contributed by atoms with Gasteiger partial charge in [-0.2, -0.15) is 5.10 Å². The average Bonchev–Trinajstić information content (AvgIpc) is 2.85. The molecule has 1 aromatic heterocycles. The van der Waals surface area contributed by atoms with Gasteiger partial charge in [0.2, 0.25) is 0 Å². The van der Waals surface area contributed by atoms with Gasteiger partial charge in [-0.1, -0.05) is 51.1 Å². The van der Waals surface area contributed by atoms with Gasteiger partial charge in [-0.3, -0.25) is 0 Å². The van der Waals surface area contributed by atoms with Crippen molar-refractivity contribution in [1.82, 2.24) is 14.8 Å². The van der Waals surface area contributed by atoms with Gasteiger partial charge >= 0.3 is 0 Å². The van der Waals surface area contributed by atoms with Crippen molar-refractivity contribution in [2.45, 2.75) is 39.1 Å². The summed E-state index contributed by atoms with van der Waals surface area (Å²) in [6.07, 6.45) is 2.48. The highest BCUT2D eigenvalue weighted by atomic mass is 35.5. The van der Waals surface area contributed by atoms with Crippen molar-refractivity contribution in [3.8, 4) is 0 Å². The predicted octanol–water partition coefficient (Wildman–Crippen LogP) is 4.09. The Bertz CT molecular complexity index is 522. The molecule has 0 radical (unpaired) electrons. The Hall–Kier alpha value is -1.35. The van der Waals surface area contributed by atoms with Gasteiger partial charge in [-0.15, -0.1) is 11.6 Å². The second-order valence-electron chi connectivity index (χ2n) is 5.75. The van der Waals surface area contributed by atoms with Crippen LogP contribution in [-0.2, 0) is 13.0 Å². The number of nitrogens with zero attached hydrogens (tertiary/aromatic N) is 3. The summed E-state index contributed by atoms with van der Waals surface area (Å²) in [5.41, 5.74) is 1.16. The summed E-state index contributed by atoms with van der Waals surface area (Å²) in [5.74, 6) is 1.90. The van der Waals surface area contributed by atoms with E-state index in [1.807, 2.05) is 22.9 Å². The molecule has 0 fully saturated rings. The molecule has 2 aromatic rings. The molecule has 0 saturated carbocycles. The number of halogens is 1. The second-order valence-corrected chi connectivity index (χ2v) is 6.22. The van der Waals surface area contributed by atoms with Gasteiger partial charge in [0.15, 0.2) is 0 Å². The van der Waals surface area contributed by atoms with Crippen LogP contribution >= 0.6 is 11.6 Å². The lowest BCUT2D eigenvalue weighted by molar-refractivity contribution is 0.444. The average molecular weight is 292 g/mol. The third-order valence-electron chi connectivity index (χ3n) is 3.36. The summed E-state index contributed by atoms with van der Waals surface area (Å²) in [6.45, 7) is 7.44. The molecular formula is C16H22ClN3. The van der Waals surface area contributed by atoms with Crippen molar-refractivity contribution in [3.63, 3.8) is 0 Å². The third-order valence-corrected chi connectivity index (χ3v) is 4.04. The fourth-order valence-electron chi connectivity index (χ4n) is 2.30. The molecule has 2 unspecified atom stereocenters. The largest absolute Gasteiger partial charge is 0.250 e. The van der Waals surface area contributed by atoms with Crippen molar-refractivity contribution in [2.75, 3.05) is 0 Å². The van der Waals surface area contributed by atoms with E-state index < -0.39 is 0 Å². The molecule has 0 aliphatic rings. The smallest absolute Gasteiger partial charge is 0.138 e. The third kappa shape index (κ3) is 3.83. The van der Waals surface area contributed by atoms with E-state index in [0.29, 0.717) is 11.8 Å². The molecule has 20 heavy (non-hydrogen) atoms. The van der Waals surface area contributed by atoms with Crippen LogP contribution < -0.4 is 0 Å². The van der Waals surface area contributed by atoms with Gasteiger partial charge in [0, 0.05) is 13.0 Å². The lowest BCUT2D eigenvalue weighted by atomic mass is 9.97. The first-order chi connectivity index (χ1) is 9.58. The molecule has 0 amide bonds. The van der Waals surface area contributed by atoms with E-state index in [-0.39, 0.29) is 5.38 Å². The SMILES string of the molecule is CC(C)Cn1ncnc1CC(C)C(Cl)c1ccccc1. The lowest BCUT2D eigenvalue weighted by Gasteiger charge is -2.18. The zero-order valence-corrected chi connectivity index (χ0v) is 13.1. The van der Waals surface area contributed by atoms with Crippen molar-refractivity contribution in [2.24, 2.45) is 11.8 Å². The Morgan fingerprint density at radius 2 is 1.85 bits per heavy atom. The molecule has 2 rings (SSSR count). The number of benzene rings is 1. The molecule has 0 aliphatic heterocycles. The van der Waals surface area contributed by atoms with Crippen LogP contribution in [0.15, 0.2) is 36.7 Å². The molecule has 0 N–H and O–H groups in total. The van der Waals surface area contributed by atoms with E-state index in [9.17, 15) is 0 Å². The minimum Gasteiger partial charge on any atom is -0.250 e. The maximum atomic E-state index is 6.57. The molecule has 1 heterocycles. The first-order valence-corrected chi connectivity index (χ1v) is 7.57. The van der Waals surface area contributed by atoms with Crippen molar-refractivity contribution in [3.05, 3.63) is 48.0 Å². The zero-order valence-electron chi connectivity index (χ0n) is 12.3. The van der Waals surface area contributed by atoms with Crippen molar-refractivity contribution in [1.29, 1.82) is 0 Å². The van der Waals surface area contributed by atoms with Crippen LogP contribution in [0, 0.1) is 11.8 Å². The minimum absolute atomic E-state index is 0.000370. The Labute approximate surface area is 126 Å². The van der Waals surface area contributed by atoms with Gasteiger partial charge < -0.3 is 0 Å². The number of rotatable bonds is 6. The van der Waals surface area contributed by atoms with Crippen LogP contribution in [0.5, 0.6) is 0 Å². The molecule has 0 saturated heterocycles. The van der Waals surface area contributed by atoms with Crippen LogP contribution in [0.4, 0.5) is 0 Å². The fraction of sp³-hybridized carbons (Fsp3) is 0.500. The Kier molecular flexibility index (Phi) is 5.18. The molecule has 2 atom stereocenters. The van der Waals surface area contributed by atoms with Crippen LogP contribution in [0.25, 0.3) is 0 Å². The first-order valence-electron chi connectivity index (χ1n) is 7.13. The number of hydrogen-bond donors (Lipinski definition) is 0. The summed E-state index contributed by atoms with van der Waals surface area (Å²) < 4.78 is 2.00. The maximum Gasteiger partial charge on any atom is 0.138 e. The zero-order chi connectivity index (χ0) is 14.5. The van der Waals surface area contributed by atoms with E-state index >= 15 is 0 Å². The monoisotopic (exact) mass is 291 g/mol. The normalized spacial score (nSPS) is 14.4. The van der Waals surface area contributed by atoms with Crippen LogP contribution in [0.3, 0.4) is 0 Å². The van der Waals surface area contributed by atoms with Gasteiger partial charge in [-0.25, -0.2) is 9.67 Å². The molecular weight excluding hydrogens is 270 g/mol.